The summed E-state index contributed by atoms with van der Waals surface area (Å²) in [5, 5.41) is 0.619. The molecule has 1 aliphatic heterocycles. The monoisotopic (exact) mass is 332 g/mol. The van der Waals surface area contributed by atoms with Crippen molar-refractivity contribution in [1.82, 2.24) is 9.62 Å². The Morgan fingerprint density at radius 1 is 1.43 bits per heavy atom. The van der Waals surface area contributed by atoms with Gasteiger partial charge in [0.1, 0.15) is 11.9 Å². The fraction of sp³-hybridized carbons (Fsp3) is 0.571. The molecule has 1 N–H and O–H groups in total. The van der Waals surface area contributed by atoms with Crippen LogP contribution in [0, 0.1) is 0 Å². The minimum atomic E-state index is -3.12. The van der Waals surface area contributed by atoms with Gasteiger partial charge in [0, 0.05) is 19.6 Å². The summed E-state index contributed by atoms with van der Waals surface area (Å²) in [7, 11) is -3.12. The first-order chi connectivity index (χ1) is 9.94. The minimum absolute atomic E-state index is 0.0943. The lowest BCUT2D eigenvalue weighted by Gasteiger charge is -2.33. The van der Waals surface area contributed by atoms with E-state index < -0.39 is 10.0 Å². The Kier molecular flexibility index (Phi) is 5.87. The van der Waals surface area contributed by atoms with Crippen molar-refractivity contribution in [2.45, 2.75) is 18.9 Å². The van der Waals surface area contributed by atoms with Crippen LogP contribution in [0.3, 0.4) is 0 Å². The van der Waals surface area contributed by atoms with Crippen molar-refractivity contribution in [3.05, 3.63) is 29.3 Å². The molecule has 0 saturated carbocycles. The molecular formula is C14H21ClN2O3S. The zero-order valence-electron chi connectivity index (χ0n) is 12.1. The summed E-state index contributed by atoms with van der Waals surface area (Å²) in [6.07, 6.45) is 3.29. The highest BCUT2D eigenvalue weighted by Gasteiger charge is 2.21. The molecule has 7 heteroatoms. The van der Waals surface area contributed by atoms with Gasteiger partial charge >= 0.3 is 0 Å². The molecule has 0 aliphatic carbocycles. The van der Waals surface area contributed by atoms with Crippen LogP contribution >= 0.6 is 11.6 Å². The Bertz CT molecular complexity index is 565. The molecule has 21 heavy (non-hydrogen) atoms. The van der Waals surface area contributed by atoms with Crippen molar-refractivity contribution in [2.24, 2.45) is 0 Å². The molecule has 1 heterocycles. The first-order valence-electron chi connectivity index (χ1n) is 7.02. The number of sulfonamides is 1. The minimum Gasteiger partial charge on any atom is -0.488 e. The number of halogens is 1. The van der Waals surface area contributed by atoms with Crippen molar-refractivity contribution in [1.29, 1.82) is 0 Å². The number of para-hydroxylation sites is 1. The third kappa shape index (κ3) is 5.82. The van der Waals surface area contributed by atoms with E-state index in [-0.39, 0.29) is 6.10 Å². The molecule has 5 nitrogen and oxygen atoms in total. The fourth-order valence-corrected chi connectivity index (χ4v) is 3.06. The van der Waals surface area contributed by atoms with E-state index in [4.69, 9.17) is 16.3 Å². The van der Waals surface area contributed by atoms with Crippen LogP contribution in [0.4, 0.5) is 0 Å². The van der Waals surface area contributed by atoms with E-state index in [0.29, 0.717) is 23.9 Å². The van der Waals surface area contributed by atoms with Crippen LogP contribution in [-0.2, 0) is 10.0 Å². The number of ether oxygens (including phenoxy) is 1. The van der Waals surface area contributed by atoms with E-state index in [1.807, 2.05) is 24.3 Å². The Balaban J connectivity index is 1.82. The Morgan fingerprint density at radius 3 is 2.90 bits per heavy atom. The van der Waals surface area contributed by atoms with Gasteiger partial charge in [-0.1, -0.05) is 23.7 Å². The highest BCUT2D eigenvalue weighted by molar-refractivity contribution is 7.88. The van der Waals surface area contributed by atoms with Crippen LogP contribution in [0.1, 0.15) is 12.8 Å². The summed E-state index contributed by atoms with van der Waals surface area (Å²) in [5.41, 5.74) is 0. The summed E-state index contributed by atoms with van der Waals surface area (Å²) < 4.78 is 30.6. The maximum atomic E-state index is 11.0. The summed E-state index contributed by atoms with van der Waals surface area (Å²) in [6.45, 7) is 2.87. The van der Waals surface area contributed by atoms with Gasteiger partial charge in [-0.25, -0.2) is 13.1 Å². The molecule has 0 bridgehead atoms. The topological polar surface area (TPSA) is 58.6 Å². The summed E-state index contributed by atoms with van der Waals surface area (Å²) in [6, 6.07) is 7.46. The van der Waals surface area contributed by atoms with Crippen LogP contribution in [-0.4, -0.2) is 51.9 Å². The number of nitrogens with one attached hydrogen (secondary N) is 1. The second-order valence-corrected chi connectivity index (χ2v) is 7.52. The van der Waals surface area contributed by atoms with E-state index in [1.54, 1.807) is 0 Å². The number of likely N-dealkylation sites (tertiary alicyclic amines) is 1. The first-order valence-corrected chi connectivity index (χ1v) is 9.29. The lowest BCUT2D eigenvalue weighted by atomic mass is 10.1. The summed E-state index contributed by atoms with van der Waals surface area (Å²) >= 11 is 6.10. The van der Waals surface area contributed by atoms with Gasteiger partial charge in [-0.05, 0) is 31.5 Å². The van der Waals surface area contributed by atoms with Crippen LogP contribution in [0.5, 0.6) is 5.75 Å². The molecule has 0 aromatic heterocycles. The predicted molar refractivity (Wildman–Crippen MR) is 84.4 cm³/mol. The predicted octanol–water partition coefficient (Wildman–Crippen LogP) is 1.73. The third-order valence-corrected chi connectivity index (χ3v) is 4.43. The van der Waals surface area contributed by atoms with Gasteiger partial charge in [0.15, 0.2) is 0 Å². The van der Waals surface area contributed by atoms with Crippen LogP contribution in [0.25, 0.3) is 0 Å². The zero-order chi connectivity index (χ0) is 15.3. The van der Waals surface area contributed by atoms with E-state index in [2.05, 4.69) is 9.62 Å². The molecule has 1 aromatic rings. The SMILES string of the molecule is CS(=O)(=O)NCCN1CCC[C@H](Oc2ccccc2Cl)C1. The van der Waals surface area contributed by atoms with Crippen molar-refractivity contribution < 1.29 is 13.2 Å². The lowest BCUT2D eigenvalue weighted by molar-refractivity contribution is 0.0900. The zero-order valence-corrected chi connectivity index (χ0v) is 13.7. The van der Waals surface area contributed by atoms with Gasteiger partial charge in [-0.2, -0.15) is 0 Å². The molecule has 1 atom stereocenters. The van der Waals surface area contributed by atoms with Gasteiger partial charge < -0.3 is 4.74 Å². The molecule has 0 amide bonds. The van der Waals surface area contributed by atoms with Gasteiger partial charge in [-0.3, -0.25) is 4.90 Å². The van der Waals surface area contributed by atoms with Gasteiger partial charge in [-0.15, -0.1) is 0 Å². The van der Waals surface area contributed by atoms with Crippen LogP contribution < -0.4 is 9.46 Å². The van der Waals surface area contributed by atoms with Crippen molar-refractivity contribution in [3.63, 3.8) is 0 Å². The standard InChI is InChI=1S/C14H21ClN2O3S/c1-21(18,19)16-8-10-17-9-4-5-12(11-17)20-14-7-3-2-6-13(14)15/h2-3,6-7,12,16H,4-5,8-11H2,1H3/t12-/m0/s1. The quantitative estimate of drug-likeness (QED) is 0.862. The van der Waals surface area contributed by atoms with Gasteiger partial charge in [0.05, 0.1) is 11.3 Å². The second kappa shape index (κ2) is 7.45. The third-order valence-electron chi connectivity index (χ3n) is 3.38. The molecule has 0 radical (unpaired) electrons. The first kappa shape index (κ1) is 16.5. The number of rotatable bonds is 6. The number of piperidine rings is 1. The molecule has 2 rings (SSSR count). The maximum absolute atomic E-state index is 11.0. The molecule has 0 spiro atoms. The average Bonchev–Trinajstić information content (AvgIpc) is 2.40. The van der Waals surface area contributed by atoms with Crippen molar-refractivity contribution >= 4 is 21.6 Å². The van der Waals surface area contributed by atoms with E-state index in [1.165, 1.54) is 6.26 Å². The van der Waals surface area contributed by atoms with E-state index >= 15 is 0 Å². The van der Waals surface area contributed by atoms with E-state index in [9.17, 15) is 8.42 Å². The van der Waals surface area contributed by atoms with Crippen LogP contribution in [0.2, 0.25) is 5.02 Å². The number of hydrogen-bond donors (Lipinski definition) is 1. The van der Waals surface area contributed by atoms with Gasteiger partial charge in [0.2, 0.25) is 10.0 Å². The van der Waals surface area contributed by atoms with Crippen molar-refractivity contribution in [3.8, 4) is 5.75 Å². The largest absolute Gasteiger partial charge is 0.488 e. The summed E-state index contributed by atoms with van der Waals surface area (Å²) in [4.78, 5) is 2.21. The number of hydrogen-bond acceptors (Lipinski definition) is 4. The summed E-state index contributed by atoms with van der Waals surface area (Å²) in [5.74, 6) is 0.709. The highest BCUT2D eigenvalue weighted by Crippen LogP contribution is 2.26. The maximum Gasteiger partial charge on any atom is 0.208 e. The molecule has 0 unspecified atom stereocenters. The molecular weight excluding hydrogens is 312 g/mol. The molecule has 118 valence electrons. The number of benzene rings is 1. The van der Waals surface area contributed by atoms with Crippen molar-refractivity contribution in [2.75, 3.05) is 32.4 Å². The average molecular weight is 333 g/mol. The Labute approximate surface area is 131 Å². The molecule has 1 fully saturated rings. The molecule has 1 aromatic carbocycles. The van der Waals surface area contributed by atoms with E-state index in [0.717, 1.165) is 25.9 Å². The van der Waals surface area contributed by atoms with Gasteiger partial charge in [0.25, 0.3) is 0 Å². The molecule has 1 saturated heterocycles. The lowest BCUT2D eigenvalue weighted by Crippen LogP contribution is -2.44. The smallest absolute Gasteiger partial charge is 0.208 e. The molecule has 1 aliphatic rings. The Morgan fingerprint density at radius 2 is 2.19 bits per heavy atom. The number of nitrogens with zero attached hydrogens (tertiary/aromatic N) is 1. The Hall–Kier alpha value is -0.820. The van der Waals surface area contributed by atoms with Crippen LogP contribution in [0.15, 0.2) is 24.3 Å². The normalized spacial score (nSPS) is 20.4. The highest BCUT2D eigenvalue weighted by atomic mass is 35.5. The fourth-order valence-electron chi connectivity index (χ4n) is 2.42. The second-order valence-electron chi connectivity index (χ2n) is 5.28.